The van der Waals surface area contributed by atoms with E-state index in [9.17, 15) is 19.2 Å². The van der Waals surface area contributed by atoms with E-state index in [0.717, 1.165) is 4.90 Å². The monoisotopic (exact) mass is 231 g/mol. The lowest BCUT2D eigenvalue weighted by Crippen LogP contribution is -2.28. The van der Waals surface area contributed by atoms with Gasteiger partial charge < -0.3 is 0 Å². The van der Waals surface area contributed by atoms with Crippen molar-refractivity contribution in [3.05, 3.63) is 29.3 Å². The molecule has 0 radical (unpaired) electrons. The topological polar surface area (TPSA) is 71.5 Å². The van der Waals surface area contributed by atoms with E-state index < -0.39 is 0 Å². The Morgan fingerprint density at radius 2 is 1.53 bits per heavy atom. The second-order valence-corrected chi connectivity index (χ2v) is 3.67. The molecule has 2 amide bonds. The third kappa shape index (κ3) is 1.87. The van der Waals surface area contributed by atoms with Gasteiger partial charge in [-0.2, -0.15) is 0 Å². The SMILES string of the molecule is O=Cc1ccc(N2C(=O)CCC2=O)cc1C=O. The van der Waals surface area contributed by atoms with Crippen molar-refractivity contribution in [3.63, 3.8) is 0 Å². The van der Waals surface area contributed by atoms with Crippen LogP contribution in [-0.4, -0.2) is 24.4 Å². The first-order chi connectivity index (χ1) is 8.17. The lowest BCUT2D eigenvalue weighted by atomic mass is 10.1. The summed E-state index contributed by atoms with van der Waals surface area (Å²) in [7, 11) is 0. The molecule has 0 aliphatic carbocycles. The average molecular weight is 231 g/mol. The van der Waals surface area contributed by atoms with Gasteiger partial charge in [0.25, 0.3) is 0 Å². The van der Waals surface area contributed by atoms with Gasteiger partial charge in [0, 0.05) is 24.0 Å². The molecule has 1 aliphatic rings. The van der Waals surface area contributed by atoms with Crippen LogP contribution in [0.5, 0.6) is 0 Å². The van der Waals surface area contributed by atoms with Crippen LogP contribution in [0.4, 0.5) is 5.69 Å². The van der Waals surface area contributed by atoms with E-state index >= 15 is 0 Å². The van der Waals surface area contributed by atoms with Crippen LogP contribution >= 0.6 is 0 Å². The number of imide groups is 1. The Morgan fingerprint density at radius 1 is 0.941 bits per heavy atom. The molecule has 1 aliphatic heterocycles. The van der Waals surface area contributed by atoms with Crippen molar-refractivity contribution >= 4 is 30.1 Å². The Balaban J connectivity index is 2.46. The fraction of sp³-hybridized carbons (Fsp3) is 0.167. The molecular weight excluding hydrogens is 222 g/mol. The van der Waals surface area contributed by atoms with E-state index in [4.69, 9.17) is 0 Å². The number of hydrogen-bond donors (Lipinski definition) is 0. The molecule has 0 saturated carbocycles. The number of rotatable bonds is 3. The highest BCUT2D eigenvalue weighted by Gasteiger charge is 2.30. The highest BCUT2D eigenvalue weighted by Crippen LogP contribution is 2.24. The maximum atomic E-state index is 11.5. The summed E-state index contributed by atoms with van der Waals surface area (Å²) in [5, 5.41) is 0. The molecular formula is C12H9NO4. The zero-order valence-electron chi connectivity index (χ0n) is 8.88. The number of hydrogen-bond acceptors (Lipinski definition) is 4. The van der Waals surface area contributed by atoms with Gasteiger partial charge in [-0.15, -0.1) is 0 Å². The van der Waals surface area contributed by atoms with Gasteiger partial charge in [-0.3, -0.25) is 24.1 Å². The standard InChI is InChI=1S/C12H9NO4/c14-6-8-1-2-10(5-9(8)7-15)13-11(16)3-4-12(13)17/h1-2,5-7H,3-4H2. The molecule has 0 unspecified atom stereocenters. The summed E-state index contributed by atoms with van der Waals surface area (Å²) >= 11 is 0. The zero-order valence-corrected chi connectivity index (χ0v) is 8.88. The fourth-order valence-electron chi connectivity index (χ4n) is 1.78. The first kappa shape index (κ1) is 11.2. The Bertz CT molecular complexity index is 505. The van der Waals surface area contributed by atoms with Gasteiger partial charge in [0.05, 0.1) is 5.69 Å². The smallest absolute Gasteiger partial charge is 0.234 e. The number of carbonyl (C=O) groups is 4. The number of amides is 2. The van der Waals surface area contributed by atoms with Crippen molar-refractivity contribution in [2.45, 2.75) is 12.8 Å². The number of anilines is 1. The van der Waals surface area contributed by atoms with Gasteiger partial charge in [0.1, 0.15) is 0 Å². The minimum Gasteiger partial charge on any atom is -0.298 e. The van der Waals surface area contributed by atoms with Gasteiger partial charge in [0.2, 0.25) is 11.8 Å². The summed E-state index contributed by atoms with van der Waals surface area (Å²) in [6.45, 7) is 0. The second kappa shape index (κ2) is 4.29. The molecule has 0 N–H and O–H groups in total. The molecule has 1 heterocycles. The van der Waals surface area contributed by atoms with E-state index in [0.29, 0.717) is 18.3 Å². The molecule has 0 spiro atoms. The number of aldehydes is 2. The van der Waals surface area contributed by atoms with Gasteiger partial charge >= 0.3 is 0 Å². The molecule has 0 atom stereocenters. The van der Waals surface area contributed by atoms with Gasteiger partial charge in [-0.25, -0.2) is 0 Å². The van der Waals surface area contributed by atoms with Crippen LogP contribution in [0.1, 0.15) is 33.6 Å². The molecule has 0 aromatic heterocycles. The summed E-state index contributed by atoms with van der Waals surface area (Å²) in [4.78, 5) is 45.4. The molecule has 5 heteroatoms. The molecule has 0 bridgehead atoms. The maximum absolute atomic E-state index is 11.5. The highest BCUT2D eigenvalue weighted by molar-refractivity contribution is 6.20. The lowest BCUT2D eigenvalue weighted by Gasteiger charge is -2.14. The Labute approximate surface area is 97.0 Å². The van der Waals surface area contributed by atoms with Crippen molar-refractivity contribution in [2.75, 3.05) is 4.90 Å². The minimum atomic E-state index is -0.286. The highest BCUT2D eigenvalue weighted by atomic mass is 16.2. The first-order valence-electron chi connectivity index (χ1n) is 5.07. The molecule has 5 nitrogen and oxygen atoms in total. The minimum absolute atomic E-state index is 0.171. The van der Waals surface area contributed by atoms with Crippen LogP contribution in [0.3, 0.4) is 0 Å². The van der Waals surface area contributed by atoms with Gasteiger partial charge in [-0.1, -0.05) is 0 Å². The van der Waals surface area contributed by atoms with Crippen molar-refractivity contribution in [2.24, 2.45) is 0 Å². The summed E-state index contributed by atoms with van der Waals surface area (Å²) in [6, 6.07) is 4.28. The normalized spacial score (nSPS) is 15.2. The van der Waals surface area contributed by atoms with Gasteiger partial charge in [-0.05, 0) is 18.2 Å². The van der Waals surface area contributed by atoms with Crippen LogP contribution in [0.25, 0.3) is 0 Å². The van der Waals surface area contributed by atoms with Crippen molar-refractivity contribution in [1.29, 1.82) is 0 Å². The van der Waals surface area contributed by atoms with Crippen LogP contribution in [-0.2, 0) is 9.59 Å². The molecule has 1 saturated heterocycles. The van der Waals surface area contributed by atoms with Crippen LogP contribution in [0.15, 0.2) is 18.2 Å². The van der Waals surface area contributed by atoms with E-state index in [1.165, 1.54) is 18.2 Å². The first-order valence-corrected chi connectivity index (χ1v) is 5.07. The molecule has 2 rings (SSSR count). The predicted octanol–water partition coefficient (Wildman–Crippen LogP) is 0.965. The van der Waals surface area contributed by atoms with Crippen molar-refractivity contribution in [3.8, 4) is 0 Å². The molecule has 17 heavy (non-hydrogen) atoms. The van der Waals surface area contributed by atoms with Crippen LogP contribution in [0.2, 0.25) is 0 Å². The molecule has 1 fully saturated rings. The zero-order chi connectivity index (χ0) is 12.4. The van der Waals surface area contributed by atoms with Crippen LogP contribution in [0, 0.1) is 0 Å². The average Bonchev–Trinajstić information content (AvgIpc) is 2.68. The lowest BCUT2D eigenvalue weighted by molar-refractivity contribution is -0.121. The largest absolute Gasteiger partial charge is 0.298 e. The summed E-state index contributed by atoms with van der Waals surface area (Å²) in [5.41, 5.74) is 0.748. The van der Waals surface area contributed by atoms with E-state index in [1.54, 1.807) is 0 Å². The quantitative estimate of drug-likeness (QED) is 0.574. The summed E-state index contributed by atoms with van der Waals surface area (Å²) in [6.07, 6.45) is 1.45. The van der Waals surface area contributed by atoms with Crippen molar-refractivity contribution < 1.29 is 19.2 Å². The van der Waals surface area contributed by atoms with Gasteiger partial charge in [0.15, 0.2) is 12.6 Å². The van der Waals surface area contributed by atoms with Crippen molar-refractivity contribution in [1.82, 2.24) is 0 Å². The third-order valence-electron chi connectivity index (χ3n) is 2.63. The molecule has 86 valence electrons. The third-order valence-corrected chi connectivity index (χ3v) is 2.63. The van der Waals surface area contributed by atoms with E-state index in [1.807, 2.05) is 0 Å². The van der Waals surface area contributed by atoms with E-state index in [2.05, 4.69) is 0 Å². The Kier molecular flexibility index (Phi) is 2.82. The summed E-state index contributed by atoms with van der Waals surface area (Å²) < 4.78 is 0. The molecule has 1 aromatic carbocycles. The van der Waals surface area contributed by atoms with Crippen LogP contribution < -0.4 is 4.90 Å². The number of benzene rings is 1. The number of carbonyl (C=O) groups excluding carboxylic acids is 4. The second-order valence-electron chi connectivity index (χ2n) is 3.67. The summed E-state index contributed by atoms with van der Waals surface area (Å²) in [5.74, 6) is -0.573. The Morgan fingerprint density at radius 3 is 2.06 bits per heavy atom. The van der Waals surface area contributed by atoms with E-state index in [-0.39, 0.29) is 35.8 Å². The maximum Gasteiger partial charge on any atom is 0.234 e. The predicted molar refractivity (Wildman–Crippen MR) is 58.9 cm³/mol. The number of nitrogens with zero attached hydrogens (tertiary/aromatic N) is 1. The Hall–Kier alpha value is -2.30. The fourth-order valence-corrected chi connectivity index (χ4v) is 1.78. The molecule has 1 aromatic rings.